The molecule has 0 spiro atoms. The first-order valence-corrected chi connectivity index (χ1v) is 10.0. The number of halogens is 2. The third-order valence-corrected chi connectivity index (χ3v) is 5.42. The fraction of sp³-hybridized carbons (Fsp3) is 0.0870. The van der Waals surface area contributed by atoms with E-state index in [1.54, 1.807) is 42.5 Å². The molecule has 0 radical (unpaired) electrons. The van der Waals surface area contributed by atoms with Crippen LogP contribution in [0.15, 0.2) is 58.5 Å². The van der Waals surface area contributed by atoms with E-state index in [-0.39, 0.29) is 11.3 Å². The molecule has 8 heteroatoms. The molecule has 1 aliphatic rings. The predicted molar refractivity (Wildman–Crippen MR) is 119 cm³/mol. The molecule has 0 bridgehead atoms. The summed E-state index contributed by atoms with van der Waals surface area (Å²) in [6.07, 6.45) is 1.31. The zero-order valence-electron chi connectivity index (χ0n) is 16.5. The molecule has 3 aromatic rings. The van der Waals surface area contributed by atoms with E-state index >= 15 is 0 Å². The Morgan fingerprint density at radius 3 is 2.29 bits per heavy atom. The quantitative estimate of drug-likeness (QED) is 0.416. The van der Waals surface area contributed by atoms with Crippen molar-refractivity contribution in [2.24, 2.45) is 0 Å². The van der Waals surface area contributed by atoms with Crippen LogP contribution in [0.3, 0.4) is 0 Å². The normalized spacial score (nSPS) is 15.5. The maximum absolute atomic E-state index is 13.0. The second-order valence-corrected chi connectivity index (χ2v) is 7.95. The van der Waals surface area contributed by atoms with Gasteiger partial charge in [0.2, 0.25) is 0 Å². The summed E-state index contributed by atoms with van der Waals surface area (Å²) in [5, 5.41) is 3.00. The van der Waals surface area contributed by atoms with Gasteiger partial charge in [0.1, 0.15) is 17.1 Å². The van der Waals surface area contributed by atoms with Gasteiger partial charge in [0.25, 0.3) is 11.8 Å². The highest BCUT2D eigenvalue weighted by atomic mass is 35.5. The molecule has 1 fully saturated rings. The number of nitrogens with one attached hydrogen (secondary N) is 1. The van der Waals surface area contributed by atoms with Crippen LogP contribution in [0.4, 0.5) is 10.5 Å². The Morgan fingerprint density at radius 1 is 0.903 bits per heavy atom. The van der Waals surface area contributed by atoms with Gasteiger partial charge in [0, 0.05) is 5.56 Å². The van der Waals surface area contributed by atoms with Crippen molar-refractivity contribution in [3.05, 3.63) is 81.0 Å². The van der Waals surface area contributed by atoms with Crippen LogP contribution < -0.4 is 10.2 Å². The number of hydrogen-bond donors (Lipinski definition) is 1. The van der Waals surface area contributed by atoms with E-state index < -0.39 is 17.8 Å². The highest BCUT2D eigenvalue weighted by molar-refractivity contribution is 6.42. The molecule has 4 rings (SSSR count). The molecule has 0 atom stereocenters. The molecule has 2 heterocycles. The fourth-order valence-electron chi connectivity index (χ4n) is 3.35. The molecule has 156 valence electrons. The van der Waals surface area contributed by atoms with Gasteiger partial charge in [-0.25, -0.2) is 9.69 Å². The number of anilines is 1. The third-order valence-electron chi connectivity index (χ3n) is 4.68. The first kappa shape index (κ1) is 20.9. The molecular formula is C23H16Cl2N2O4. The Kier molecular flexibility index (Phi) is 5.43. The lowest BCUT2D eigenvalue weighted by molar-refractivity contribution is -0.122. The second-order valence-electron chi connectivity index (χ2n) is 7.13. The Labute approximate surface area is 188 Å². The van der Waals surface area contributed by atoms with Crippen LogP contribution in [-0.4, -0.2) is 17.8 Å². The first-order chi connectivity index (χ1) is 14.7. The fourth-order valence-corrected chi connectivity index (χ4v) is 3.65. The number of furan rings is 1. The van der Waals surface area contributed by atoms with Crippen molar-refractivity contribution >= 4 is 52.8 Å². The molecule has 0 saturated carbocycles. The zero-order valence-corrected chi connectivity index (χ0v) is 18.0. The number of hydrogen-bond acceptors (Lipinski definition) is 4. The molecule has 2 aromatic carbocycles. The van der Waals surface area contributed by atoms with Crippen LogP contribution in [0.2, 0.25) is 10.0 Å². The van der Waals surface area contributed by atoms with E-state index in [0.717, 1.165) is 16.0 Å². The topological polar surface area (TPSA) is 79.6 Å². The molecule has 6 nitrogen and oxygen atoms in total. The van der Waals surface area contributed by atoms with Crippen molar-refractivity contribution in [1.82, 2.24) is 5.32 Å². The minimum Gasteiger partial charge on any atom is -0.457 e. The number of benzene rings is 2. The van der Waals surface area contributed by atoms with Gasteiger partial charge in [-0.3, -0.25) is 14.9 Å². The molecule has 1 aromatic heterocycles. The van der Waals surface area contributed by atoms with Crippen molar-refractivity contribution in [3.8, 4) is 11.3 Å². The third kappa shape index (κ3) is 4.13. The van der Waals surface area contributed by atoms with Crippen LogP contribution in [0, 0.1) is 13.8 Å². The van der Waals surface area contributed by atoms with E-state index in [2.05, 4.69) is 5.32 Å². The standard InChI is InChI=1S/C23H16Cl2N2O4/c1-12-7-13(2)9-15(8-12)27-22(29)17(21(28)26-23(27)30)11-16-4-6-20(31-16)14-3-5-18(24)19(25)10-14/h3-11H,1-2H3,(H,26,28,30)/b17-11-. The lowest BCUT2D eigenvalue weighted by atomic mass is 10.1. The average Bonchev–Trinajstić information content (AvgIpc) is 3.15. The van der Waals surface area contributed by atoms with Crippen LogP contribution in [-0.2, 0) is 9.59 Å². The average molecular weight is 455 g/mol. The molecule has 0 aliphatic carbocycles. The van der Waals surface area contributed by atoms with Crippen LogP contribution in [0.25, 0.3) is 17.4 Å². The number of urea groups is 1. The highest BCUT2D eigenvalue weighted by Crippen LogP contribution is 2.30. The summed E-state index contributed by atoms with van der Waals surface area (Å²) >= 11 is 12.0. The van der Waals surface area contributed by atoms with E-state index in [1.807, 2.05) is 19.9 Å². The van der Waals surface area contributed by atoms with E-state index in [0.29, 0.717) is 27.1 Å². The Balaban J connectivity index is 1.69. The lowest BCUT2D eigenvalue weighted by Crippen LogP contribution is -2.54. The number of nitrogens with zero attached hydrogens (tertiary/aromatic N) is 1. The molecular weight excluding hydrogens is 439 g/mol. The summed E-state index contributed by atoms with van der Waals surface area (Å²) in [5.74, 6) is -0.764. The lowest BCUT2D eigenvalue weighted by Gasteiger charge is -2.26. The smallest absolute Gasteiger partial charge is 0.335 e. The number of aryl methyl sites for hydroxylation is 2. The Morgan fingerprint density at radius 2 is 1.61 bits per heavy atom. The summed E-state index contributed by atoms with van der Waals surface area (Å²) in [6.45, 7) is 3.72. The number of rotatable bonds is 3. The predicted octanol–water partition coefficient (Wildman–Crippen LogP) is 5.54. The van der Waals surface area contributed by atoms with Crippen LogP contribution in [0.5, 0.6) is 0 Å². The largest absolute Gasteiger partial charge is 0.457 e. The van der Waals surface area contributed by atoms with Gasteiger partial charge in [-0.2, -0.15) is 0 Å². The van der Waals surface area contributed by atoms with E-state index in [4.69, 9.17) is 27.6 Å². The van der Waals surface area contributed by atoms with Gasteiger partial charge < -0.3 is 4.42 Å². The maximum atomic E-state index is 13.0. The molecule has 1 aliphatic heterocycles. The van der Waals surface area contributed by atoms with E-state index in [9.17, 15) is 14.4 Å². The number of carbonyl (C=O) groups excluding carboxylic acids is 3. The first-order valence-electron chi connectivity index (χ1n) is 9.28. The second kappa shape index (κ2) is 8.06. The van der Waals surface area contributed by atoms with Crippen molar-refractivity contribution in [1.29, 1.82) is 0 Å². The number of carbonyl (C=O) groups is 3. The molecule has 1 saturated heterocycles. The minimum absolute atomic E-state index is 0.214. The van der Waals surface area contributed by atoms with Crippen LogP contribution in [0.1, 0.15) is 16.9 Å². The van der Waals surface area contributed by atoms with Gasteiger partial charge >= 0.3 is 6.03 Å². The van der Waals surface area contributed by atoms with Crippen molar-refractivity contribution < 1.29 is 18.8 Å². The van der Waals surface area contributed by atoms with Crippen molar-refractivity contribution in [3.63, 3.8) is 0 Å². The number of barbiturate groups is 1. The van der Waals surface area contributed by atoms with Gasteiger partial charge in [0.15, 0.2) is 0 Å². The van der Waals surface area contributed by atoms with Gasteiger partial charge in [-0.1, -0.05) is 29.3 Å². The Hall–Kier alpha value is -3.35. The van der Waals surface area contributed by atoms with Crippen LogP contribution >= 0.6 is 23.2 Å². The highest BCUT2D eigenvalue weighted by Gasteiger charge is 2.37. The van der Waals surface area contributed by atoms with Crippen molar-refractivity contribution in [2.45, 2.75) is 13.8 Å². The molecule has 0 unspecified atom stereocenters. The van der Waals surface area contributed by atoms with Gasteiger partial charge in [0.05, 0.1) is 15.7 Å². The zero-order chi connectivity index (χ0) is 22.3. The summed E-state index contributed by atoms with van der Waals surface area (Å²) in [6, 6.07) is 12.9. The van der Waals surface area contributed by atoms with Gasteiger partial charge in [-0.15, -0.1) is 0 Å². The Bertz CT molecular complexity index is 1260. The molecule has 31 heavy (non-hydrogen) atoms. The summed E-state index contributed by atoms with van der Waals surface area (Å²) < 4.78 is 5.76. The summed E-state index contributed by atoms with van der Waals surface area (Å²) in [4.78, 5) is 38.7. The molecule has 4 amide bonds. The summed E-state index contributed by atoms with van der Waals surface area (Å²) in [7, 11) is 0. The maximum Gasteiger partial charge on any atom is 0.335 e. The minimum atomic E-state index is -0.798. The van der Waals surface area contributed by atoms with E-state index in [1.165, 1.54) is 6.08 Å². The SMILES string of the molecule is Cc1cc(C)cc(N2C(=O)NC(=O)/C(=C/c3ccc(-c4ccc(Cl)c(Cl)c4)o3)C2=O)c1. The number of imide groups is 2. The number of amides is 4. The molecule has 1 N–H and O–H groups in total. The summed E-state index contributed by atoms with van der Waals surface area (Å²) in [5.41, 5.74) is 2.62. The monoisotopic (exact) mass is 454 g/mol. The van der Waals surface area contributed by atoms with Gasteiger partial charge in [-0.05, 0) is 73.5 Å². The van der Waals surface area contributed by atoms with Crippen molar-refractivity contribution in [2.75, 3.05) is 4.90 Å².